The quantitative estimate of drug-likeness (QED) is 0.386. The van der Waals surface area contributed by atoms with Gasteiger partial charge in [0.2, 0.25) is 0 Å². The standard InChI is InChI=1S/C26H28N4O6/c1-16-29-25(36-30-16)19-4-2-17(3-5-19)23(31)27-14-15-28-24(32)18-6-10-21(11-7-18)35-22-12-8-20(9-13-22)26(33)34/h2-7,10-11,20,22H,8-9,12-15H2,1H3,(H,27,31)(H,28,32)(H,33,34)/t20-,22+. The van der Waals surface area contributed by atoms with E-state index in [0.717, 1.165) is 5.56 Å². The zero-order chi connectivity index (χ0) is 25.5. The van der Waals surface area contributed by atoms with Gasteiger partial charge in [0.25, 0.3) is 17.7 Å². The fraction of sp³-hybridized carbons (Fsp3) is 0.346. The summed E-state index contributed by atoms with van der Waals surface area (Å²) in [5, 5.41) is 18.4. The molecule has 1 fully saturated rings. The van der Waals surface area contributed by atoms with Crippen molar-refractivity contribution in [2.45, 2.75) is 38.7 Å². The minimum Gasteiger partial charge on any atom is -0.490 e. The van der Waals surface area contributed by atoms with E-state index >= 15 is 0 Å². The summed E-state index contributed by atoms with van der Waals surface area (Å²) in [5.41, 5.74) is 1.69. The molecule has 0 spiro atoms. The third-order valence-corrected chi connectivity index (χ3v) is 6.06. The lowest BCUT2D eigenvalue weighted by atomic mass is 9.87. The van der Waals surface area contributed by atoms with Crippen LogP contribution in [0.4, 0.5) is 0 Å². The van der Waals surface area contributed by atoms with Crippen molar-refractivity contribution in [3.05, 3.63) is 65.5 Å². The fourth-order valence-electron chi connectivity index (χ4n) is 4.04. The number of hydrogen-bond donors (Lipinski definition) is 3. The van der Waals surface area contributed by atoms with Gasteiger partial charge in [-0.2, -0.15) is 4.98 Å². The van der Waals surface area contributed by atoms with E-state index in [4.69, 9.17) is 14.4 Å². The van der Waals surface area contributed by atoms with Crippen molar-refractivity contribution in [2.24, 2.45) is 5.92 Å². The highest BCUT2D eigenvalue weighted by Gasteiger charge is 2.26. The molecule has 188 valence electrons. The molecule has 1 aliphatic rings. The Hall–Kier alpha value is -4.21. The number of ether oxygens (including phenoxy) is 1. The number of nitrogens with one attached hydrogen (secondary N) is 2. The molecule has 2 aromatic carbocycles. The van der Waals surface area contributed by atoms with E-state index in [1.807, 2.05) is 0 Å². The first kappa shape index (κ1) is 24.9. The van der Waals surface area contributed by atoms with E-state index < -0.39 is 5.97 Å². The molecule has 3 N–H and O–H groups in total. The van der Waals surface area contributed by atoms with Crippen LogP contribution in [0.25, 0.3) is 11.5 Å². The Labute approximate surface area is 208 Å². The highest BCUT2D eigenvalue weighted by molar-refractivity contribution is 5.95. The maximum atomic E-state index is 12.4. The number of benzene rings is 2. The van der Waals surface area contributed by atoms with Gasteiger partial charge in [-0.05, 0) is 81.1 Å². The predicted octanol–water partition coefficient (Wildman–Crippen LogP) is 3.23. The van der Waals surface area contributed by atoms with Crippen molar-refractivity contribution in [1.82, 2.24) is 20.8 Å². The lowest BCUT2D eigenvalue weighted by Gasteiger charge is -2.26. The first-order valence-corrected chi connectivity index (χ1v) is 11.9. The Morgan fingerprint density at radius 2 is 1.47 bits per heavy atom. The van der Waals surface area contributed by atoms with Gasteiger partial charge in [-0.25, -0.2) is 0 Å². The molecule has 1 saturated carbocycles. The molecule has 10 nitrogen and oxygen atoms in total. The number of aryl methyl sites for hydroxylation is 1. The summed E-state index contributed by atoms with van der Waals surface area (Å²) in [6, 6.07) is 13.6. The number of rotatable bonds is 9. The van der Waals surface area contributed by atoms with Crippen molar-refractivity contribution < 1.29 is 28.8 Å². The van der Waals surface area contributed by atoms with Gasteiger partial charge in [0.05, 0.1) is 12.0 Å². The van der Waals surface area contributed by atoms with E-state index in [9.17, 15) is 14.4 Å². The van der Waals surface area contributed by atoms with Gasteiger partial charge in [0.1, 0.15) is 5.75 Å². The van der Waals surface area contributed by atoms with Crippen LogP contribution in [-0.4, -0.2) is 52.2 Å². The molecule has 1 heterocycles. The zero-order valence-electron chi connectivity index (χ0n) is 19.9. The molecule has 2 amide bonds. The minimum atomic E-state index is -0.742. The maximum Gasteiger partial charge on any atom is 0.306 e. The molecule has 0 bridgehead atoms. The van der Waals surface area contributed by atoms with Crippen LogP contribution in [0.1, 0.15) is 52.2 Å². The summed E-state index contributed by atoms with van der Waals surface area (Å²) in [7, 11) is 0. The number of nitrogens with zero attached hydrogens (tertiary/aromatic N) is 2. The minimum absolute atomic E-state index is 0.0110. The van der Waals surface area contributed by atoms with Crippen molar-refractivity contribution in [1.29, 1.82) is 0 Å². The van der Waals surface area contributed by atoms with Crippen molar-refractivity contribution >= 4 is 17.8 Å². The first-order chi connectivity index (χ1) is 17.4. The van der Waals surface area contributed by atoms with E-state index in [2.05, 4.69) is 20.8 Å². The molecule has 3 aromatic rings. The first-order valence-electron chi connectivity index (χ1n) is 11.9. The van der Waals surface area contributed by atoms with Gasteiger partial charge in [-0.3, -0.25) is 14.4 Å². The fourth-order valence-corrected chi connectivity index (χ4v) is 4.04. The largest absolute Gasteiger partial charge is 0.490 e. The average Bonchev–Trinajstić information content (AvgIpc) is 3.33. The number of carboxylic acid groups (broad SMARTS) is 1. The summed E-state index contributed by atoms with van der Waals surface area (Å²) in [5.74, 6) is 0.0490. The van der Waals surface area contributed by atoms with Crippen molar-refractivity contribution in [2.75, 3.05) is 13.1 Å². The van der Waals surface area contributed by atoms with E-state index in [0.29, 0.717) is 54.3 Å². The molecule has 36 heavy (non-hydrogen) atoms. The van der Waals surface area contributed by atoms with E-state index in [-0.39, 0.29) is 36.9 Å². The van der Waals surface area contributed by atoms with Crippen LogP contribution in [0.5, 0.6) is 5.75 Å². The Morgan fingerprint density at radius 3 is 1.97 bits per heavy atom. The number of amides is 2. The molecule has 0 radical (unpaired) electrons. The molecule has 1 aliphatic carbocycles. The van der Waals surface area contributed by atoms with Crippen LogP contribution < -0.4 is 15.4 Å². The Kier molecular flexibility index (Phi) is 7.94. The number of aliphatic carboxylic acids is 1. The van der Waals surface area contributed by atoms with Gasteiger partial charge in [-0.1, -0.05) is 5.16 Å². The smallest absolute Gasteiger partial charge is 0.306 e. The molecular formula is C26H28N4O6. The number of carboxylic acids is 1. The molecule has 0 atom stereocenters. The summed E-state index contributed by atoms with van der Waals surface area (Å²) in [6.07, 6.45) is 2.62. The van der Waals surface area contributed by atoms with E-state index in [1.54, 1.807) is 55.5 Å². The third-order valence-electron chi connectivity index (χ3n) is 6.06. The van der Waals surface area contributed by atoms with Crippen LogP contribution in [0.2, 0.25) is 0 Å². The molecule has 0 unspecified atom stereocenters. The van der Waals surface area contributed by atoms with Gasteiger partial charge < -0.3 is 25.0 Å². The van der Waals surface area contributed by atoms with Crippen LogP contribution in [0.15, 0.2) is 53.1 Å². The Bertz CT molecular complexity index is 1200. The topological polar surface area (TPSA) is 144 Å². The molecule has 4 rings (SSSR count). The van der Waals surface area contributed by atoms with Crippen LogP contribution in [0, 0.1) is 12.8 Å². The normalized spacial score (nSPS) is 17.2. The second-order valence-electron chi connectivity index (χ2n) is 8.69. The van der Waals surface area contributed by atoms with E-state index in [1.165, 1.54) is 0 Å². The summed E-state index contributed by atoms with van der Waals surface area (Å²) in [6.45, 7) is 2.28. The highest BCUT2D eigenvalue weighted by Crippen LogP contribution is 2.28. The number of carbonyl (C=O) groups is 3. The molecule has 10 heteroatoms. The predicted molar refractivity (Wildman–Crippen MR) is 130 cm³/mol. The Balaban J connectivity index is 1.17. The second-order valence-corrected chi connectivity index (χ2v) is 8.69. The van der Waals surface area contributed by atoms with Gasteiger partial charge in [-0.15, -0.1) is 0 Å². The Morgan fingerprint density at radius 1 is 0.917 bits per heavy atom. The third kappa shape index (κ3) is 6.47. The number of aromatic nitrogens is 2. The summed E-state index contributed by atoms with van der Waals surface area (Å²) >= 11 is 0. The molecule has 0 aliphatic heterocycles. The van der Waals surface area contributed by atoms with Gasteiger partial charge in [0.15, 0.2) is 5.82 Å². The average molecular weight is 493 g/mol. The van der Waals surface area contributed by atoms with Crippen molar-refractivity contribution in [3.63, 3.8) is 0 Å². The molecule has 1 aromatic heterocycles. The number of hydrogen-bond acceptors (Lipinski definition) is 7. The zero-order valence-corrected chi connectivity index (χ0v) is 19.9. The van der Waals surface area contributed by atoms with Crippen molar-refractivity contribution in [3.8, 4) is 17.2 Å². The second kappa shape index (κ2) is 11.5. The van der Waals surface area contributed by atoms with Crippen LogP contribution in [-0.2, 0) is 4.79 Å². The summed E-state index contributed by atoms with van der Waals surface area (Å²) < 4.78 is 11.0. The van der Waals surface area contributed by atoms with Gasteiger partial charge >= 0.3 is 5.97 Å². The lowest BCUT2D eigenvalue weighted by Crippen LogP contribution is -2.34. The maximum absolute atomic E-state index is 12.4. The molecular weight excluding hydrogens is 464 g/mol. The molecule has 0 saturated heterocycles. The van der Waals surface area contributed by atoms with Crippen LogP contribution >= 0.6 is 0 Å². The monoisotopic (exact) mass is 492 g/mol. The summed E-state index contributed by atoms with van der Waals surface area (Å²) in [4.78, 5) is 40.0. The highest BCUT2D eigenvalue weighted by atomic mass is 16.5. The van der Waals surface area contributed by atoms with Gasteiger partial charge in [0, 0.05) is 29.8 Å². The lowest BCUT2D eigenvalue weighted by molar-refractivity contribution is -0.143. The SMILES string of the molecule is Cc1noc(-c2ccc(C(=O)NCCNC(=O)c3ccc(O[C@H]4CC[C@@H](C(=O)O)CC4)cc3)cc2)n1. The van der Waals surface area contributed by atoms with Crippen LogP contribution in [0.3, 0.4) is 0 Å². The number of carbonyl (C=O) groups excluding carboxylic acids is 2.